The summed E-state index contributed by atoms with van der Waals surface area (Å²) in [6.07, 6.45) is 0. The maximum atomic E-state index is 11.1. The van der Waals surface area contributed by atoms with Gasteiger partial charge in [0.1, 0.15) is 5.69 Å². The fourth-order valence-corrected chi connectivity index (χ4v) is 6.86. The van der Waals surface area contributed by atoms with E-state index in [-0.39, 0.29) is 21.9 Å². The van der Waals surface area contributed by atoms with Gasteiger partial charge in [-0.25, -0.2) is 0 Å². The second kappa shape index (κ2) is 8.26. The molecule has 5 N–H and O–H groups in total. The molecule has 1 aliphatic heterocycles. The molecule has 0 atom stereocenters. The zero-order valence-corrected chi connectivity index (χ0v) is 23.6. The minimum absolute atomic E-state index is 0.0601. The van der Waals surface area contributed by atoms with Crippen LogP contribution in [0.15, 0.2) is 78.9 Å². The zero-order chi connectivity index (χ0) is 29.9. The van der Waals surface area contributed by atoms with Gasteiger partial charge in [0.15, 0.2) is 23.0 Å². The van der Waals surface area contributed by atoms with Crippen molar-refractivity contribution >= 4 is 38.6 Å². The van der Waals surface area contributed by atoms with E-state index in [2.05, 4.69) is 63.2 Å². The quantitative estimate of drug-likeness (QED) is 0.0821. The maximum absolute atomic E-state index is 11.1. The van der Waals surface area contributed by atoms with E-state index in [1.54, 1.807) is 0 Å². The number of ether oxygens (including phenoxy) is 1. The molecule has 0 saturated carbocycles. The highest BCUT2D eigenvalue weighted by Gasteiger charge is 2.42. The molecule has 1 heterocycles. The van der Waals surface area contributed by atoms with Crippen molar-refractivity contribution in [2.45, 2.75) is 26.2 Å². The van der Waals surface area contributed by atoms with Gasteiger partial charge in [0.05, 0.1) is 10.8 Å². The highest BCUT2D eigenvalue weighted by atomic mass is 16.6. The molecule has 43 heavy (non-hydrogen) atoms. The van der Waals surface area contributed by atoms with Gasteiger partial charge < -0.3 is 35.2 Å². The molecule has 7 heteroatoms. The van der Waals surface area contributed by atoms with Crippen LogP contribution in [0.2, 0.25) is 0 Å². The Morgan fingerprint density at radius 1 is 0.605 bits per heavy atom. The van der Waals surface area contributed by atoms with Crippen LogP contribution in [-0.4, -0.2) is 25.5 Å². The van der Waals surface area contributed by atoms with Crippen LogP contribution in [0.3, 0.4) is 0 Å². The van der Waals surface area contributed by atoms with Gasteiger partial charge in [-0.2, -0.15) is 0 Å². The second-order valence-electron chi connectivity index (χ2n) is 11.8. The van der Waals surface area contributed by atoms with Crippen LogP contribution in [0.5, 0.6) is 40.2 Å². The normalized spacial score (nSPS) is 13.8. The van der Waals surface area contributed by atoms with Gasteiger partial charge in [0, 0.05) is 16.8 Å². The topological polar surface area (TPSA) is 117 Å². The van der Waals surface area contributed by atoms with Crippen molar-refractivity contribution in [2.75, 3.05) is 4.90 Å². The summed E-state index contributed by atoms with van der Waals surface area (Å²) in [6.45, 7) is 6.58. The summed E-state index contributed by atoms with van der Waals surface area (Å²) in [5, 5.41) is 55.8. The zero-order valence-electron chi connectivity index (χ0n) is 23.6. The molecule has 0 unspecified atom stereocenters. The van der Waals surface area contributed by atoms with Crippen LogP contribution >= 0.6 is 0 Å². The lowest BCUT2D eigenvalue weighted by Crippen LogP contribution is -2.17. The van der Waals surface area contributed by atoms with Gasteiger partial charge in [-0.3, -0.25) is 0 Å². The molecule has 6 aromatic rings. The third-order valence-corrected chi connectivity index (χ3v) is 9.04. The van der Waals surface area contributed by atoms with E-state index in [1.165, 1.54) is 27.5 Å². The molecule has 0 aromatic heterocycles. The largest absolute Gasteiger partial charge is 0.504 e. The lowest BCUT2D eigenvalue weighted by atomic mass is 9.81. The number of fused-ring (bicyclic) bond motifs is 7. The first-order chi connectivity index (χ1) is 20.6. The molecular weight excluding hydrogens is 542 g/mol. The molecule has 0 bridgehead atoms. The number of rotatable bonds is 3. The third kappa shape index (κ3) is 3.19. The Morgan fingerprint density at radius 3 is 1.98 bits per heavy atom. The summed E-state index contributed by atoms with van der Waals surface area (Å²) in [6, 6.07) is 26.4. The number of aromatic hydroxyl groups is 5. The third-order valence-electron chi connectivity index (χ3n) is 9.04. The van der Waals surface area contributed by atoms with E-state index in [4.69, 9.17) is 4.74 Å². The van der Waals surface area contributed by atoms with Crippen LogP contribution < -0.4 is 9.64 Å². The van der Waals surface area contributed by atoms with Crippen molar-refractivity contribution in [2.24, 2.45) is 0 Å². The summed E-state index contributed by atoms with van der Waals surface area (Å²) in [4.78, 5) is 1.87. The molecule has 0 radical (unpaired) electrons. The summed E-state index contributed by atoms with van der Waals surface area (Å²) >= 11 is 0. The van der Waals surface area contributed by atoms with Gasteiger partial charge in [0.25, 0.3) is 0 Å². The van der Waals surface area contributed by atoms with Crippen molar-refractivity contribution in [3.63, 3.8) is 0 Å². The SMILES string of the molecule is Cc1cc2c(c3ccccc13)-c1ccc(N(c3ccccc3)c3c4c(c(O)c5c(O)c(O)c(O)c(O)c35)O4)cc1C2(C)C. The summed E-state index contributed by atoms with van der Waals surface area (Å²) in [5.41, 5.74) is 7.37. The number of hydrogen-bond acceptors (Lipinski definition) is 7. The predicted octanol–water partition coefficient (Wildman–Crippen LogP) is 8.71. The van der Waals surface area contributed by atoms with E-state index in [0.29, 0.717) is 17.1 Å². The van der Waals surface area contributed by atoms with Gasteiger partial charge >= 0.3 is 0 Å². The number of anilines is 3. The number of hydrogen-bond donors (Lipinski definition) is 5. The van der Waals surface area contributed by atoms with Crippen LogP contribution in [0, 0.1) is 6.92 Å². The van der Waals surface area contributed by atoms with Crippen LogP contribution in [-0.2, 0) is 5.41 Å². The standard InChI is InChI=1S/C36H27NO6/c1-17-15-24-25(21-12-8-7-11-20(17)21)22-14-13-19(16-23(22)36(24,2)3)37(18-9-5-4-6-10-18)28-26-27(31(40)35-34(28)43-35)30(39)33(42)32(41)29(26)38/h4-16,38-42H,1-3H3. The molecule has 6 aromatic carbocycles. The van der Waals surface area contributed by atoms with Gasteiger partial charge in [-0.1, -0.05) is 68.4 Å². The molecular formula is C36H27NO6. The van der Waals surface area contributed by atoms with Gasteiger partial charge in [0.2, 0.25) is 17.2 Å². The Morgan fingerprint density at radius 2 is 1.26 bits per heavy atom. The van der Waals surface area contributed by atoms with Crippen molar-refractivity contribution in [3.05, 3.63) is 95.6 Å². The monoisotopic (exact) mass is 569 g/mol. The lowest BCUT2D eigenvalue weighted by molar-refractivity contribution is 0.350. The number of aryl methyl sites for hydroxylation is 1. The number of nitrogens with zero attached hydrogens (tertiary/aromatic N) is 1. The molecule has 0 fully saturated rings. The first kappa shape index (κ1) is 25.2. The Kier molecular flexibility index (Phi) is 4.84. The first-order valence-electron chi connectivity index (χ1n) is 14.0. The first-order valence-corrected chi connectivity index (χ1v) is 14.0. The predicted molar refractivity (Wildman–Crippen MR) is 167 cm³/mol. The highest BCUT2D eigenvalue weighted by molar-refractivity contribution is 6.16. The van der Waals surface area contributed by atoms with E-state index >= 15 is 0 Å². The fourth-order valence-electron chi connectivity index (χ4n) is 6.86. The fraction of sp³-hybridized carbons (Fsp3) is 0.111. The van der Waals surface area contributed by atoms with Crippen molar-refractivity contribution in [1.29, 1.82) is 0 Å². The van der Waals surface area contributed by atoms with Crippen LogP contribution in [0.1, 0.15) is 30.5 Å². The maximum Gasteiger partial charge on any atom is 0.214 e. The number of para-hydroxylation sites is 1. The van der Waals surface area contributed by atoms with Crippen molar-refractivity contribution < 1.29 is 30.3 Å². The second-order valence-corrected chi connectivity index (χ2v) is 11.8. The number of phenols is 5. The average Bonchev–Trinajstić information content (AvgIpc) is 3.78. The molecule has 0 amide bonds. The van der Waals surface area contributed by atoms with Crippen LogP contribution in [0.4, 0.5) is 17.1 Å². The average molecular weight is 570 g/mol. The number of benzene rings is 6. The molecule has 212 valence electrons. The van der Waals surface area contributed by atoms with Crippen molar-refractivity contribution in [3.8, 4) is 51.4 Å². The molecule has 0 spiro atoms. The smallest absolute Gasteiger partial charge is 0.214 e. The Hall–Kier alpha value is -5.56. The summed E-state index contributed by atoms with van der Waals surface area (Å²) in [7, 11) is 0. The van der Waals surface area contributed by atoms with Gasteiger partial charge in [-0.15, -0.1) is 0 Å². The minimum atomic E-state index is -0.933. The van der Waals surface area contributed by atoms with E-state index < -0.39 is 28.7 Å². The summed E-state index contributed by atoms with van der Waals surface area (Å²) < 4.78 is 5.73. The Labute approximate surface area is 246 Å². The van der Waals surface area contributed by atoms with Crippen LogP contribution in [0.25, 0.3) is 32.7 Å². The molecule has 0 saturated heterocycles. The molecule has 2 aliphatic rings. The molecule has 7 nitrogen and oxygen atoms in total. The molecule has 8 rings (SSSR count). The van der Waals surface area contributed by atoms with E-state index in [0.717, 1.165) is 16.8 Å². The Balaban J connectivity index is 1.44. The van der Waals surface area contributed by atoms with Gasteiger partial charge in [-0.05, 0) is 69.8 Å². The van der Waals surface area contributed by atoms with E-state index in [1.807, 2.05) is 41.3 Å². The minimum Gasteiger partial charge on any atom is -0.504 e. The summed E-state index contributed by atoms with van der Waals surface area (Å²) in [5.74, 6) is -3.30. The lowest BCUT2D eigenvalue weighted by Gasteiger charge is -2.28. The number of phenolic OH excluding ortho intramolecular Hbond substituents is 5. The highest BCUT2D eigenvalue weighted by Crippen LogP contribution is 2.68. The van der Waals surface area contributed by atoms with E-state index in [9.17, 15) is 25.5 Å². The van der Waals surface area contributed by atoms with Crippen molar-refractivity contribution in [1.82, 2.24) is 0 Å². The molecule has 1 aliphatic carbocycles. The Bertz CT molecular complexity index is 2200.